The van der Waals surface area contributed by atoms with Crippen LogP contribution in [0.5, 0.6) is 11.5 Å². The second kappa shape index (κ2) is 7.14. The Morgan fingerprint density at radius 2 is 1.65 bits per heavy atom. The van der Waals surface area contributed by atoms with Crippen LogP contribution in [0.3, 0.4) is 0 Å². The Bertz CT molecular complexity index is 313. The number of hydrogen-bond donors (Lipinski definition) is 1. The third-order valence-corrected chi connectivity index (χ3v) is 2.66. The first-order valence-corrected chi connectivity index (χ1v) is 5.61. The first-order chi connectivity index (χ1) is 8.24. The summed E-state index contributed by atoms with van der Waals surface area (Å²) in [6.07, 6.45) is 0. The molecule has 0 aliphatic carbocycles. The van der Waals surface area contributed by atoms with Crippen molar-refractivity contribution in [2.24, 2.45) is 0 Å². The molecule has 1 N–H and O–H groups in total. The van der Waals surface area contributed by atoms with Crippen LogP contribution in [0.1, 0.15) is 11.5 Å². The van der Waals surface area contributed by atoms with Crippen molar-refractivity contribution >= 4 is 0 Å². The summed E-state index contributed by atoms with van der Waals surface area (Å²) < 4.78 is 15.8. The van der Waals surface area contributed by atoms with E-state index in [0.29, 0.717) is 6.61 Å². The van der Waals surface area contributed by atoms with E-state index < -0.39 is 0 Å². The van der Waals surface area contributed by atoms with Crippen molar-refractivity contribution in [1.82, 2.24) is 5.32 Å². The number of nitrogens with one attached hydrogen (secondary N) is 1. The molecular formula is C13H21NO3. The highest BCUT2D eigenvalue weighted by Gasteiger charge is 2.13. The zero-order valence-electron chi connectivity index (χ0n) is 10.9. The maximum atomic E-state index is 5.26. The Balaban J connectivity index is 2.99. The lowest BCUT2D eigenvalue weighted by atomic mass is 9.99. The summed E-state index contributed by atoms with van der Waals surface area (Å²) in [5, 5.41) is 3.16. The zero-order chi connectivity index (χ0) is 12.7. The molecule has 4 heteroatoms. The highest BCUT2D eigenvalue weighted by molar-refractivity contribution is 5.40. The van der Waals surface area contributed by atoms with Crippen LogP contribution in [0.2, 0.25) is 0 Å². The molecule has 17 heavy (non-hydrogen) atoms. The van der Waals surface area contributed by atoms with Crippen molar-refractivity contribution in [2.45, 2.75) is 5.92 Å². The van der Waals surface area contributed by atoms with Gasteiger partial charge in [-0.2, -0.15) is 0 Å². The van der Waals surface area contributed by atoms with Gasteiger partial charge in [-0.15, -0.1) is 0 Å². The highest BCUT2D eigenvalue weighted by Crippen LogP contribution is 2.27. The van der Waals surface area contributed by atoms with Gasteiger partial charge in [0.05, 0.1) is 20.8 Å². The molecule has 96 valence electrons. The minimum absolute atomic E-state index is 0.286. The number of benzene rings is 1. The summed E-state index contributed by atoms with van der Waals surface area (Å²) >= 11 is 0. The second-order valence-electron chi connectivity index (χ2n) is 3.86. The van der Waals surface area contributed by atoms with Gasteiger partial charge in [-0.3, -0.25) is 0 Å². The lowest BCUT2D eigenvalue weighted by Crippen LogP contribution is -2.21. The van der Waals surface area contributed by atoms with Crippen LogP contribution in [0.15, 0.2) is 18.2 Å². The topological polar surface area (TPSA) is 39.7 Å². The quantitative estimate of drug-likeness (QED) is 0.785. The molecule has 0 saturated carbocycles. The first-order valence-electron chi connectivity index (χ1n) is 5.61. The molecule has 1 atom stereocenters. The summed E-state index contributed by atoms with van der Waals surface area (Å²) in [7, 11) is 6.95. The summed E-state index contributed by atoms with van der Waals surface area (Å²) in [5.74, 6) is 1.89. The average Bonchev–Trinajstić information content (AvgIpc) is 2.37. The molecule has 4 nitrogen and oxygen atoms in total. The van der Waals surface area contributed by atoms with Crippen molar-refractivity contribution in [1.29, 1.82) is 0 Å². The summed E-state index contributed by atoms with van der Waals surface area (Å²) in [4.78, 5) is 0. The largest absolute Gasteiger partial charge is 0.497 e. The molecule has 0 aliphatic rings. The van der Waals surface area contributed by atoms with E-state index in [1.807, 2.05) is 25.2 Å². The van der Waals surface area contributed by atoms with Gasteiger partial charge in [-0.25, -0.2) is 0 Å². The number of ether oxygens (including phenoxy) is 3. The van der Waals surface area contributed by atoms with Crippen LogP contribution < -0.4 is 14.8 Å². The van der Waals surface area contributed by atoms with Gasteiger partial charge < -0.3 is 19.5 Å². The van der Waals surface area contributed by atoms with E-state index in [1.54, 1.807) is 21.3 Å². The number of methoxy groups -OCH3 is 3. The molecule has 0 spiro atoms. The predicted octanol–water partition coefficient (Wildman–Crippen LogP) is 1.65. The molecule has 1 unspecified atom stereocenters. The van der Waals surface area contributed by atoms with E-state index in [-0.39, 0.29) is 5.92 Å². The Morgan fingerprint density at radius 3 is 2.06 bits per heavy atom. The van der Waals surface area contributed by atoms with Crippen LogP contribution in [0.25, 0.3) is 0 Å². The highest BCUT2D eigenvalue weighted by atomic mass is 16.5. The van der Waals surface area contributed by atoms with Gasteiger partial charge in [0.15, 0.2) is 0 Å². The third-order valence-electron chi connectivity index (χ3n) is 2.66. The van der Waals surface area contributed by atoms with E-state index in [4.69, 9.17) is 14.2 Å². The lowest BCUT2D eigenvalue weighted by molar-refractivity contribution is 0.178. The maximum absolute atomic E-state index is 5.26. The van der Waals surface area contributed by atoms with E-state index in [9.17, 15) is 0 Å². The Hall–Kier alpha value is -1.26. The van der Waals surface area contributed by atoms with Crippen molar-refractivity contribution in [3.05, 3.63) is 23.8 Å². The molecule has 0 aromatic heterocycles. The van der Waals surface area contributed by atoms with Crippen molar-refractivity contribution in [2.75, 3.05) is 41.5 Å². The monoisotopic (exact) mass is 239 g/mol. The molecule has 1 rings (SSSR count). The van der Waals surface area contributed by atoms with Gasteiger partial charge >= 0.3 is 0 Å². The minimum atomic E-state index is 0.286. The standard InChI is InChI=1S/C13H21NO3/c1-14-8-11(9-15-2)10-5-12(16-3)7-13(6-10)17-4/h5-7,11,14H,8-9H2,1-4H3. The summed E-state index contributed by atoms with van der Waals surface area (Å²) in [6, 6.07) is 5.90. The molecular weight excluding hydrogens is 218 g/mol. The van der Waals surface area contributed by atoms with Crippen LogP contribution in [-0.2, 0) is 4.74 Å². The molecule has 0 radical (unpaired) electrons. The molecule has 0 aliphatic heterocycles. The zero-order valence-corrected chi connectivity index (χ0v) is 10.9. The molecule has 0 bridgehead atoms. The Labute approximate surface area is 103 Å². The fourth-order valence-corrected chi connectivity index (χ4v) is 1.79. The van der Waals surface area contributed by atoms with E-state index in [1.165, 1.54) is 0 Å². The second-order valence-corrected chi connectivity index (χ2v) is 3.86. The van der Waals surface area contributed by atoms with Crippen LogP contribution in [-0.4, -0.2) is 41.5 Å². The molecule has 1 aromatic carbocycles. The Kier molecular flexibility index (Phi) is 5.80. The van der Waals surface area contributed by atoms with Crippen molar-refractivity contribution in [3.63, 3.8) is 0 Å². The van der Waals surface area contributed by atoms with Crippen LogP contribution in [0, 0.1) is 0 Å². The number of hydrogen-bond acceptors (Lipinski definition) is 4. The Morgan fingerprint density at radius 1 is 1.06 bits per heavy atom. The molecule has 0 amide bonds. The smallest absolute Gasteiger partial charge is 0.122 e. The van der Waals surface area contributed by atoms with Gasteiger partial charge in [-0.05, 0) is 24.7 Å². The van der Waals surface area contributed by atoms with Gasteiger partial charge in [0, 0.05) is 25.6 Å². The fourth-order valence-electron chi connectivity index (χ4n) is 1.79. The van der Waals surface area contributed by atoms with E-state index >= 15 is 0 Å². The first kappa shape index (κ1) is 13.8. The van der Waals surface area contributed by atoms with Crippen LogP contribution >= 0.6 is 0 Å². The fraction of sp³-hybridized carbons (Fsp3) is 0.538. The molecule has 0 fully saturated rings. The van der Waals surface area contributed by atoms with Crippen LogP contribution in [0.4, 0.5) is 0 Å². The van der Waals surface area contributed by atoms with Crippen molar-refractivity contribution in [3.8, 4) is 11.5 Å². The number of rotatable bonds is 7. The van der Waals surface area contributed by atoms with Gasteiger partial charge in [0.25, 0.3) is 0 Å². The molecule has 1 aromatic rings. The van der Waals surface area contributed by atoms with E-state index in [0.717, 1.165) is 23.6 Å². The average molecular weight is 239 g/mol. The van der Waals surface area contributed by atoms with Gasteiger partial charge in [-0.1, -0.05) is 0 Å². The SMILES string of the molecule is CNCC(COC)c1cc(OC)cc(OC)c1. The third kappa shape index (κ3) is 3.91. The van der Waals surface area contributed by atoms with Gasteiger partial charge in [0.1, 0.15) is 11.5 Å². The minimum Gasteiger partial charge on any atom is -0.497 e. The molecule has 0 saturated heterocycles. The van der Waals surface area contributed by atoms with E-state index in [2.05, 4.69) is 5.32 Å². The lowest BCUT2D eigenvalue weighted by Gasteiger charge is -2.17. The summed E-state index contributed by atoms with van der Waals surface area (Å²) in [6.45, 7) is 1.52. The van der Waals surface area contributed by atoms with Gasteiger partial charge in [0.2, 0.25) is 0 Å². The maximum Gasteiger partial charge on any atom is 0.122 e. The summed E-state index contributed by atoms with van der Waals surface area (Å²) in [5.41, 5.74) is 1.15. The van der Waals surface area contributed by atoms with Crippen molar-refractivity contribution < 1.29 is 14.2 Å². The number of likely N-dealkylation sites (N-methyl/N-ethyl adjacent to an activating group) is 1. The predicted molar refractivity (Wildman–Crippen MR) is 68.1 cm³/mol. The normalized spacial score (nSPS) is 12.2. The molecule has 0 heterocycles.